The fourth-order valence-electron chi connectivity index (χ4n) is 2.93. The summed E-state index contributed by atoms with van der Waals surface area (Å²) in [6.45, 7) is 3.70. The Morgan fingerprint density at radius 3 is 2.62 bits per heavy atom. The Labute approximate surface area is 104 Å². The van der Waals surface area contributed by atoms with Gasteiger partial charge in [-0.05, 0) is 70.3 Å². The van der Waals surface area contributed by atoms with Crippen molar-refractivity contribution in [3.63, 3.8) is 0 Å². The molecule has 2 aliphatic rings. The summed E-state index contributed by atoms with van der Waals surface area (Å²) in [7, 11) is 0. The lowest BCUT2D eigenvalue weighted by Gasteiger charge is -2.30. The lowest BCUT2D eigenvalue weighted by Crippen LogP contribution is -2.41. The molecule has 1 atom stereocenters. The zero-order chi connectivity index (χ0) is 11.2. The molecule has 0 radical (unpaired) electrons. The number of thioether (sulfide) groups is 1. The van der Waals surface area contributed by atoms with E-state index in [1.54, 1.807) is 0 Å². The largest absolute Gasteiger partial charge is 0.316 e. The monoisotopic (exact) mass is 242 g/mol. The van der Waals surface area contributed by atoms with Crippen LogP contribution in [0.1, 0.15) is 38.5 Å². The third-order valence-electron chi connectivity index (χ3n) is 4.10. The van der Waals surface area contributed by atoms with Crippen LogP contribution in [0.15, 0.2) is 0 Å². The van der Waals surface area contributed by atoms with Crippen molar-refractivity contribution >= 4 is 11.8 Å². The second-order valence-corrected chi connectivity index (χ2v) is 6.47. The van der Waals surface area contributed by atoms with Gasteiger partial charge in [-0.25, -0.2) is 0 Å². The Balaban J connectivity index is 1.59. The van der Waals surface area contributed by atoms with E-state index in [1.807, 2.05) is 0 Å². The van der Waals surface area contributed by atoms with Crippen molar-refractivity contribution < 1.29 is 0 Å². The Morgan fingerprint density at radius 2 is 2.00 bits per heavy atom. The fourth-order valence-corrected chi connectivity index (χ4v) is 3.68. The van der Waals surface area contributed by atoms with E-state index in [1.165, 1.54) is 58.2 Å². The molecule has 1 saturated carbocycles. The first kappa shape index (κ1) is 12.7. The molecule has 94 valence electrons. The van der Waals surface area contributed by atoms with Crippen molar-refractivity contribution in [1.29, 1.82) is 0 Å². The number of hydrogen-bond acceptors (Lipinski definition) is 3. The van der Waals surface area contributed by atoms with Gasteiger partial charge < -0.3 is 10.6 Å². The minimum Gasteiger partial charge on any atom is -0.316 e. The Kier molecular flexibility index (Phi) is 5.46. The SMILES string of the molecule is CSC1CCC(NCC2CCCNC2)CC1. The summed E-state index contributed by atoms with van der Waals surface area (Å²) in [6, 6.07) is 0.810. The van der Waals surface area contributed by atoms with Gasteiger partial charge in [0.1, 0.15) is 0 Å². The van der Waals surface area contributed by atoms with E-state index in [0.29, 0.717) is 0 Å². The first-order chi connectivity index (χ1) is 7.88. The van der Waals surface area contributed by atoms with E-state index in [2.05, 4.69) is 28.7 Å². The molecule has 1 aliphatic heterocycles. The van der Waals surface area contributed by atoms with E-state index in [4.69, 9.17) is 0 Å². The van der Waals surface area contributed by atoms with Crippen LogP contribution >= 0.6 is 11.8 Å². The molecule has 2 fully saturated rings. The molecule has 2 rings (SSSR count). The Bertz CT molecular complexity index is 184. The molecule has 16 heavy (non-hydrogen) atoms. The van der Waals surface area contributed by atoms with Crippen molar-refractivity contribution in [2.24, 2.45) is 5.92 Å². The van der Waals surface area contributed by atoms with E-state index in [9.17, 15) is 0 Å². The molecule has 0 bridgehead atoms. The summed E-state index contributed by atoms with van der Waals surface area (Å²) in [4.78, 5) is 0. The molecule has 2 N–H and O–H groups in total. The van der Waals surface area contributed by atoms with Gasteiger partial charge in [0.2, 0.25) is 0 Å². The highest BCUT2D eigenvalue weighted by Crippen LogP contribution is 2.26. The molecule has 2 nitrogen and oxygen atoms in total. The molecular formula is C13H26N2S. The van der Waals surface area contributed by atoms with Crippen LogP contribution in [-0.2, 0) is 0 Å². The highest BCUT2D eigenvalue weighted by atomic mass is 32.2. The van der Waals surface area contributed by atoms with Crippen molar-refractivity contribution in [2.75, 3.05) is 25.9 Å². The van der Waals surface area contributed by atoms with E-state index < -0.39 is 0 Å². The smallest absolute Gasteiger partial charge is 0.00679 e. The number of rotatable bonds is 4. The zero-order valence-corrected chi connectivity index (χ0v) is 11.3. The minimum absolute atomic E-state index is 0.810. The fraction of sp³-hybridized carbons (Fsp3) is 1.00. The summed E-state index contributed by atoms with van der Waals surface area (Å²) in [5.74, 6) is 0.882. The van der Waals surface area contributed by atoms with Gasteiger partial charge in [0.15, 0.2) is 0 Å². The van der Waals surface area contributed by atoms with Crippen molar-refractivity contribution in [3.05, 3.63) is 0 Å². The van der Waals surface area contributed by atoms with Crippen LogP contribution in [0, 0.1) is 5.92 Å². The maximum Gasteiger partial charge on any atom is 0.00679 e. The highest BCUT2D eigenvalue weighted by molar-refractivity contribution is 7.99. The number of hydrogen-bond donors (Lipinski definition) is 2. The standard InChI is InChI=1S/C13H26N2S/c1-16-13-6-4-12(5-7-13)15-10-11-3-2-8-14-9-11/h11-15H,2-10H2,1H3. The van der Waals surface area contributed by atoms with E-state index in [-0.39, 0.29) is 0 Å². The number of piperidine rings is 1. The molecule has 1 aliphatic carbocycles. The quantitative estimate of drug-likeness (QED) is 0.791. The van der Waals surface area contributed by atoms with Crippen molar-refractivity contribution in [3.8, 4) is 0 Å². The lowest BCUT2D eigenvalue weighted by molar-refractivity contribution is 0.313. The molecule has 1 saturated heterocycles. The first-order valence-electron chi connectivity index (χ1n) is 6.85. The third-order valence-corrected chi connectivity index (χ3v) is 5.24. The van der Waals surface area contributed by atoms with E-state index in [0.717, 1.165) is 17.2 Å². The molecule has 1 unspecified atom stereocenters. The van der Waals surface area contributed by atoms with Gasteiger partial charge >= 0.3 is 0 Å². The maximum atomic E-state index is 3.79. The summed E-state index contributed by atoms with van der Waals surface area (Å²) in [5.41, 5.74) is 0. The molecular weight excluding hydrogens is 216 g/mol. The van der Waals surface area contributed by atoms with Gasteiger partial charge in [-0.1, -0.05) is 0 Å². The molecule has 0 aromatic heterocycles. The zero-order valence-electron chi connectivity index (χ0n) is 10.5. The van der Waals surface area contributed by atoms with Crippen LogP contribution in [0.25, 0.3) is 0 Å². The maximum absolute atomic E-state index is 3.79. The molecule has 0 aromatic rings. The average Bonchev–Trinajstić information content (AvgIpc) is 2.38. The minimum atomic E-state index is 0.810. The summed E-state index contributed by atoms with van der Waals surface area (Å²) >= 11 is 2.06. The second-order valence-electron chi connectivity index (χ2n) is 5.33. The van der Waals surface area contributed by atoms with Gasteiger partial charge in [0.05, 0.1) is 0 Å². The summed E-state index contributed by atoms with van der Waals surface area (Å²) in [6.07, 6.45) is 10.7. The van der Waals surface area contributed by atoms with Crippen LogP contribution in [0.4, 0.5) is 0 Å². The summed E-state index contributed by atoms with van der Waals surface area (Å²) in [5, 5.41) is 8.22. The van der Waals surface area contributed by atoms with Crippen LogP contribution < -0.4 is 10.6 Å². The van der Waals surface area contributed by atoms with Crippen molar-refractivity contribution in [2.45, 2.75) is 49.8 Å². The predicted octanol–water partition coefficient (Wildman–Crippen LogP) is 2.25. The van der Waals surface area contributed by atoms with Gasteiger partial charge in [0.25, 0.3) is 0 Å². The van der Waals surface area contributed by atoms with Gasteiger partial charge in [-0.3, -0.25) is 0 Å². The van der Waals surface area contributed by atoms with Crippen LogP contribution in [0.2, 0.25) is 0 Å². The van der Waals surface area contributed by atoms with Crippen LogP contribution in [0.5, 0.6) is 0 Å². The Hall–Kier alpha value is 0.270. The molecule has 0 aromatic carbocycles. The van der Waals surface area contributed by atoms with Gasteiger partial charge in [-0.2, -0.15) is 11.8 Å². The van der Waals surface area contributed by atoms with E-state index >= 15 is 0 Å². The molecule has 0 amide bonds. The van der Waals surface area contributed by atoms with Crippen LogP contribution in [0.3, 0.4) is 0 Å². The predicted molar refractivity (Wildman–Crippen MR) is 73.2 cm³/mol. The third kappa shape index (κ3) is 3.94. The second kappa shape index (κ2) is 6.87. The van der Waals surface area contributed by atoms with Gasteiger partial charge in [0, 0.05) is 11.3 Å². The summed E-state index contributed by atoms with van der Waals surface area (Å²) < 4.78 is 0. The molecule has 3 heteroatoms. The topological polar surface area (TPSA) is 24.1 Å². The molecule has 1 heterocycles. The Morgan fingerprint density at radius 1 is 1.19 bits per heavy atom. The number of nitrogens with one attached hydrogen (secondary N) is 2. The average molecular weight is 242 g/mol. The lowest BCUT2D eigenvalue weighted by atomic mass is 9.93. The highest BCUT2D eigenvalue weighted by Gasteiger charge is 2.21. The van der Waals surface area contributed by atoms with Crippen molar-refractivity contribution in [1.82, 2.24) is 10.6 Å². The first-order valence-corrected chi connectivity index (χ1v) is 8.14. The van der Waals surface area contributed by atoms with Gasteiger partial charge in [-0.15, -0.1) is 0 Å². The molecule has 0 spiro atoms. The normalized spacial score (nSPS) is 36.2. The van der Waals surface area contributed by atoms with Crippen LogP contribution in [-0.4, -0.2) is 37.2 Å².